The standard InChI is InChI=1S/C26H41N5O3/c1-17(2)19-11-10-12-20(18(3)4)24(19)28-25(33)31(13-14-34-9)16-23(32)27-22-15-21(26(5,6)7)29-30(22)8/h10-12,15,17-18H,13-14,16H2,1-9H3,(H,27,32)(H,28,33). The quantitative estimate of drug-likeness (QED) is 0.534. The Morgan fingerprint density at radius 1 is 1.09 bits per heavy atom. The monoisotopic (exact) mass is 471 g/mol. The molecule has 0 fully saturated rings. The van der Waals surface area contributed by atoms with Crippen LogP contribution in [0.5, 0.6) is 0 Å². The number of benzene rings is 1. The number of rotatable bonds is 9. The second kappa shape index (κ2) is 11.5. The van der Waals surface area contributed by atoms with E-state index in [0.717, 1.165) is 22.5 Å². The first-order chi connectivity index (χ1) is 15.8. The number of anilines is 2. The zero-order valence-electron chi connectivity index (χ0n) is 22.2. The lowest BCUT2D eigenvalue weighted by Gasteiger charge is -2.25. The van der Waals surface area contributed by atoms with Gasteiger partial charge in [-0.3, -0.25) is 9.48 Å². The Morgan fingerprint density at radius 2 is 1.68 bits per heavy atom. The van der Waals surface area contributed by atoms with E-state index in [2.05, 4.69) is 64.2 Å². The van der Waals surface area contributed by atoms with E-state index in [0.29, 0.717) is 12.4 Å². The van der Waals surface area contributed by atoms with Gasteiger partial charge in [-0.2, -0.15) is 5.10 Å². The molecule has 1 aromatic carbocycles. The van der Waals surface area contributed by atoms with E-state index in [9.17, 15) is 9.59 Å². The van der Waals surface area contributed by atoms with Gasteiger partial charge in [-0.1, -0.05) is 66.7 Å². The van der Waals surface area contributed by atoms with Gasteiger partial charge < -0.3 is 20.3 Å². The first kappa shape index (κ1) is 27.4. The molecule has 0 aliphatic heterocycles. The summed E-state index contributed by atoms with van der Waals surface area (Å²) in [5.41, 5.74) is 3.71. The first-order valence-electron chi connectivity index (χ1n) is 11.9. The lowest BCUT2D eigenvalue weighted by molar-refractivity contribution is -0.116. The van der Waals surface area contributed by atoms with E-state index >= 15 is 0 Å². The lowest BCUT2D eigenvalue weighted by atomic mass is 9.92. The van der Waals surface area contributed by atoms with E-state index in [1.807, 2.05) is 24.3 Å². The van der Waals surface area contributed by atoms with Crippen molar-refractivity contribution in [3.05, 3.63) is 41.1 Å². The minimum absolute atomic E-state index is 0.105. The Balaban J connectivity index is 2.23. The van der Waals surface area contributed by atoms with E-state index in [1.165, 1.54) is 4.90 Å². The van der Waals surface area contributed by atoms with Crippen LogP contribution in [0.1, 0.15) is 77.1 Å². The smallest absolute Gasteiger partial charge is 0.322 e. The van der Waals surface area contributed by atoms with Crippen LogP contribution in [0.15, 0.2) is 24.3 Å². The summed E-state index contributed by atoms with van der Waals surface area (Å²) in [5, 5.41) is 10.5. The first-order valence-corrected chi connectivity index (χ1v) is 11.9. The molecule has 0 radical (unpaired) electrons. The number of aryl methyl sites for hydroxylation is 1. The second-order valence-corrected chi connectivity index (χ2v) is 10.3. The number of carbonyl (C=O) groups is 2. The fourth-order valence-corrected chi connectivity index (χ4v) is 3.64. The van der Waals surface area contributed by atoms with Crippen LogP contribution < -0.4 is 10.6 Å². The van der Waals surface area contributed by atoms with Crippen molar-refractivity contribution in [1.82, 2.24) is 14.7 Å². The maximum absolute atomic E-state index is 13.3. The minimum atomic E-state index is -0.331. The van der Waals surface area contributed by atoms with Crippen LogP contribution in [0, 0.1) is 0 Å². The van der Waals surface area contributed by atoms with Crippen LogP contribution in [-0.4, -0.2) is 53.4 Å². The molecule has 188 valence electrons. The summed E-state index contributed by atoms with van der Waals surface area (Å²) in [6, 6.07) is 7.63. The second-order valence-electron chi connectivity index (χ2n) is 10.3. The summed E-state index contributed by atoms with van der Waals surface area (Å²) < 4.78 is 6.83. The van der Waals surface area contributed by atoms with E-state index < -0.39 is 0 Å². The molecule has 0 saturated heterocycles. The number of urea groups is 1. The van der Waals surface area contributed by atoms with Crippen LogP contribution in [-0.2, 0) is 22.0 Å². The SMILES string of the molecule is COCCN(CC(=O)Nc1cc(C(C)(C)C)nn1C)C(=O)Nc1c(C(C)C)cccc1C(C)C. The highest BCUT2D eigenvalue weighted by Gasteiger charge is 2.23. The molecule has 0 unspecified atom stereocenters. The summed E-state index contributed by atoms with van der Waals surface area (Å²) in [6.07, 6.45) is 0. The highest BCUT2D eigenvalue weighted by molar-refractivity contribution is 5.97. The van der Waals surface area contributed by atoms with Crippen molar-refractivity contribution in [3.8, 4) is 0 Å². The molecule has 0 saturated carbocycles. The van der Waals surface area contributed by atoms with Gasteiger partial charge >= 0.3 is 6.03 Å². The predicted octanol–water partition coefficient (Wildman–Crippen LogP) is 5.08. The van der Waals surface area contributed by atoms with Gasteiger partial charge in [-0.05, 0) is 23.0 Å². The summed E-state index contributed by atoms with van der Waals surface area (Å²) >= 11 is 0. The molecule has 3 amide bonds. The number of carbonyl (C=O) groups excluding carboxylic acids is 2. The van der Waals surface area contributed by atoms with Gasteiger partial charge in [0.1, 0.15) is 12.4 Å². The average molecular weight is 472 g/mol. The fraction of sp³-hybridized carbons (Fsp3) is 0.577. The maximum Gasteiger partial charge on any atom is 0.322 e. The summed E-state index contributed by atoms with van der Waals surface area (Å²) in [6.45, 7) is 15.1. The van der Waals surface area contributed by atoms with Crippen LogP contribution in [0.3, 0.4) is 0 Å². The van der Waals surface area contributed by atoms with Crippen molar-refractivity contribution in [3.63, 3.8) is 0 Å². The molecule has 2 aromatic rings. The van der Waals surface area contributed by atoms with Gasteiger partial charge in [0.25, 0.3) is 0 Å². The molecule has 0 aliphatic rings. The number of aromatic nitrogens is 2. The van der Waals surface area contributed by atoms with Gasteiger partial charge in [0.15, 0.2) is 0 Å². The average Bonchev–Trinajstić information content (AvgIpc) is 3.11. The van der Waals surface area contributed by atoms with Gasteiger partial charge in [0.2, 0.25) is 5.91 Å². The number of amides is 3. The number of hydrogen-bond donors (Lipinski definition) is 2. The number of ether oxygens (including phenoxy) is 1. The largest absolute Gasteiger partial charge is 0.383 e. The number of methoxy groups -OCH3 is 1. The van der Waals surface area contributed by atoms with E-state index in [1.54, 1.807) is 18.8 Å². The summed E-state index contributed by atoms with van der Waals surface area (Å²) in [5.74, 6) is 0.781. The fourth-order valence-electron chi connectivity index (χ4n) is 3.64. The van der Waals surface area contributed by atoms with Crippen molar-refractivity contribution in [1.29, 1.82) is 0 Å². The Bertz CT molecular complexity index is 963. The Labute approximate surface area is 204 Å². The van der Waals surface area contributed by atoms with Crippen molar-refractivity contribution in [2.45, 2.75) is 65.7 Å². The third kappa shape index (κ3) is 7.06. The highest BCUT2D eigenvalue weighted by atomic mass is 16.5. The third-order valence-electron chi connectivity index (χ3n) is 5.71. The third-order valence-corrected chi connectivity index (χ3v) is 5.71. The predicted molar refractivity (Wildman–Crippen MR) is 138 cm³/mol. The number of nitrogens with one attached hydrogen (secondary N) is 2. The molecule has 1 aromatic heterocycles. The highest BCUT2D eigenvalue weighted by Crippen LogP contribution is 2.32. The molecule has 2 N–H and O–H groups in total. The van der Waals surface area contributed by atoms with Gasteiger partial charge in [-0.25, -0.2) is 4.79 Å². The molecule has 8 nitrogen and oxygen atoms in total. The molecular formula is C26H41N5O3. The summed E-state index contributed by atoms with van der Waals surface area (Å²) in [4.78, 5) is 27.7. The Hall–Kier alpha value is -2.87. The molecule has 2 rings (SSSR count). The number of nitrogens with zero attached hydrogens (tertiary/aromatic N) is 3. The van der Waals surface area contributed by atoms with Crippen molar-refractivity contribution in [2.24, 2.45) is 7.05 Å². The molecule has 0 aliphatic carbocycles. The zero-order valence-corrected chi connectivity index (χ0v) is 22.2. The maximum atomic E-state index is 13.3. The molecule has 8 heteroatoms. The topological polar surface area (TPSA) is 88.5 Å². The lowest BCUT2D eigenvalue weighted by Crippen LogP contribution is -2.42. The normalized spacial score (nSPS) is 11.7. The van der Waals surface area contributed by atoms with Crippen molar-refractivity contribution < 1.29 is 14.3 Å². The van der Waals surface area contributed by atoms with Gasteiger partial charge in [0.05, 0.1) is 12.3 Å². The molecule has 34 heavy (non-hydrogen) atoms. The van der Waals surface area contributed by atoms with Gasteiger partial charge in [-0.15, -0.1) is 0 Å². The number of para-hydroxylation sites is 1. The van der Waals surface area contributed by atoms with Crippen molar-refractivity contribution >= 4 is 23.4 Å². The molecule has 1 heterocycles. The Kier molecular flexibility index (Phi) is 9.27. The molecular weight excluding hydrogens is 430 g/mol. The number of hydrogen-bond acceptors (Lipinski definition) is 4. The van der Waals surface area contributed by atoms with Crippen LogP contribution in [0.25, 0.3) is 0 Å². The molecule has 0 atom stereocenters. The molecule has 0 bridgehead atoms. The summed E-state index contributed by atoms with van der Waals surface area (Å²) in [7, 11) is 3.36. The van der Waals surface area contributed by atoms with Crippen LogP contribution in [0.4, 0.5) is 16.3 Å². The van der Waals surface area contributed by atoms with Crippen LogP contribution >= 0.6 is 0 Å². The van der Waals surface area contributed by atoms with E-state index in [4.69, 9.17) is 4.74 Å². The van der Waals surface area contributed by atoms with Gasteiger partial charge in [0, 0.05) is 37.9 Å². The van der Waals surface area contributed by atoms with Crippen LogP contribution in [0.2, 0.25) is 0 Å². The Morgan fingerprint density at radius 3 is 2.15 bits per heavy atom. The van der Waals surface area contributed by atoms with Crippen molar-refractivity contribution in [2.75, 3.05) is 37.4 Å². The molecule has 0 spiro atoms. The zero-order chi connectivity index (χ0) is 25.6. The van der Waals surface area contributed by atoms with E-state index in [-0.39, 0.29) is 42.3 Å². The minimum Gasteiger partial charge on any atom is -0.383 e.